The summed E-state index contributed by atoms with van der Waals surface area (Å²) in [5.74, 6) is -0.333. The van der Waals surface area contributed by atoms with E-state index in [0.29, 0.717) is 0 Å². The second-order valence-corrected chi connectivity index (χ2v) is 3.87. The minimum atomic E-state index is -0.333. The largest absolute Gasteiger partial charge is 0.370 e. The van der Waals surface area contributed by atoms with Crippen molar-refractivity contribution in [3.8, 4) is 0 Å². The SMILES string of the molecule is CC(N)=O.CCCCCCCCCCN. The molecule has 0 bridgehead atoms. The normalized spacial score (nSPS) is 9.27. The van der Waals surface area contributed by atoms with E-state index in [0.717, 1.165) is 6.54 Å². The minimum Gasteiger partial charge on any atom is -0.370 e. The number of carbonyl (C=O) groups is 1. The first-order valence-electron chi connectivity index (χ1n) is 6.11. The fraction of sp³-hybridized carbons (Fsp3) is 0.917. The minimum absolute atomic E-state index is 0.333. The van der Waals surface area contributed by atoms with Gasteiger partial charge in [-0.2, -0.15) is 0 Å². The van der Waals surface area contributed by atoms with Crippen LogP contribution in [0, 0.1) is 0 Å². The van der Waals surface area contributed by atoms with Gasteiger partial charge in [0.05, 0.1) is 0 Å². The third-order valence-electron chi connectivity index (χ3n) is 2.06. The number of unbranched alkanes of at least 4 members (excludes halogenated alkanes) is 7. The van der Waals surface area contributed by atoms with Crippen molar-refractivity contribution in [2.75, 3.05) is 6.54 Å². The van der Waals surface area contributed by atoms with Crippen LogP contribution in [0.4, 0.5) is 0 Å². The van der Waals surface area contributed by atoms with Gasteiger partial charge in [-0.3, -0.25) is 4.79 Å². The molecule has 0 atom stereocenters. The molecular weight excluding hydrogens is 188 g/mol. The van der Waals surface area contributed by atoms with Crippen molar-refractivity contribution in [3.63, 3.8) is 0 Å². The van der Waals surface area contributed by atoms with E-state index in [2.05, 4.69) is 12.7 Å². The molecule has 0 radical (unpaired) electrons. The van der Waals surface area contributed by atoms with Gasteiger partial charge in [-0.15, -0.1) is 0 Å². The Morgan fingerprint density at radius 3 is 1.60 bits per heavy atom. The average molecular weight is 216 g/mol. The molecule has 0 rings (SSSR count). The van der Waals surface area contributed by atoms with Crippen molar-refractivity contribution in [1.82, 2.24) is 0 Å². The summed E-state index contributed by atoms with van der Waals surface area (Å²) in [6, 6.07) is 0. The van der Waals surface area contributed by atoms with Gasteiger partial charge in [0.2, 0.25) is 5.91 Å². The highest BCUT2D eigenvalue weighted by Gasteiger charge is 1.89. The van der Waals surface area contributed by atoms with Gasteiger partial charge >= 0.3 is 0 Å². The van der Waals surface area contributed by atoms with Gasteiger partial charge in [0.25, 0.3) is 0 Å². The van der Waals surface area contributed by atoms with E-state index >= 15 is 0 Å². The predicted molar refractivity (Wildman–Crippen MR) is 66.5 cm³/mol. The molecule has 0 aromatic carbocycles. The van der Waals surface area contributed by atoms with Crippen molar-refractivity contribution in [1.29, 1.82) is 0 Å². The molecule has 15 heavy (non-hydrogen) atoms. The van der Waals surface area contributed by atoms with Crippen LogP contribution in [0.2, 0.25) is 0 Å². The highest BCUT2D eigenvalue weighted by Crippen LogP contribution is 2.07. The maximum absolute atomic E-state index is 9.22. The van der Waals surface area contributed by atoms with Crippen molar-refractivity contribution < 1.29 is 4.79 Å². The molecule has 0 aliphatic carbocycles. The standard InChI is InChI=1S/C10H23N.C2H5NO/c1-2-3-4-5-6-7-8-9-10-11;1-2(3)4/h2-11H2,1H3;1H3,(H2,3,4). The Labute approximate surface area is 94.6 Å². The molecule has 0 spiro atoms. The maximum Gasteiger partial charge on any atom is 0.214 e. The Bertz CT molecular complexity index is 115. The molecule has 92 valence electrons. The molecule has 4 N–H and O–H groups in total. The molecule has 0 fully saturated rings. The van der Waals surface area contributed by atoms with Gasteiger partial charge in [-0.05, 0) is 13.0 Å². The first kappa shape index (κ1) is 16.8. The molecule has 0 aliphatic rings. The third kappa shape index (κ3) is 31.8. The lowest BCUT2D eigenvalue weighted by atomic mass is 10.1. The monoisotopic (exact) mass is 216 g/mol. The smallest absolute Gasteiger partial charge is 0.214 e. The Morgan fingerprint density at radius 1 is 0.933 bits per heavy atom. The van der Waals surface area contributed by atoms with Crippen LogP contribution in [-0.4, -0.2) is 12.5 Å². The summed E-state index contributed by atoms with van der Waals surface area (Å²) in [5, 5.41) is 0. The molecule has 0 saturated carbocycles. The zero-order chi connectivity index (χ0) is 11.9. The highest BCUT2D eigenvalue weighted by atomic mass is 16.1. The molecule has 0 saturated heterocycles. The number of hydrogen-bond donors (Lipinski definition) is 2. The predicted octanol–water partition coefficient (Wildman–Crippen LogP) is 2.58. The fourth-order valence-electron chi connectivity index (χ4n) is 1.28. The molecule has 3 nitrogen and oxygen atoms in total. The summed E-state index contributed by atoms with van der Waals surface area (Å²) in [4.78, 5) is 9.22. The molecular formula is C12H28N2O. The number of amides is 1. The van der Waals surface area contributed by atoms with Gasteiger partial charge in [-0.1, -0.05) is 51.9 Å². The molecule has 0 aliphatic heterocycles. The fourth-order valence-corrected chi connectivity index (χ4v) is 1.28. The molecule has 1 amide bonds. The summed E-state index contributed by atoms with van der Waals surface area (Å²) >= 11 is 0. The number of rotatable bonds is 8. The van der Waals surface area contributed by atoms with Gasteiger partial charge in [0, 0.05) is 6.92 Å². The van der Waals surface area contributed by atoms with E-state index in [1.807, 2.05) is 0 Å². The van der Waals surface area contributed by atoms with E-state index in [9.17, 15) is 4.79 Å². The van der Waals surface area contributed by atoms with Crippen LogP contribution >= 0.6 is 0 Å². The lowest BCUT2D eigenvalue weighted by Gasteiger charge is -1.99. The molecule has 0 aromatic rings. The van der Waals surface area contributed by atoms with Crippen molar-refractivity contribution in [2.45, 2.75) is 65.2 Å². The van der Waals surface area contributed by atoms with Crippen LogP contribution in [-0.2, 0) is 4.79 Å². The number of carbonyl (C=O) groups excluding carboxylic acids is 1. The van der Waals surface area contributed by atoms with Crippen LogP contribution in [0.5, 0.6) is 0 Å². The number of hydrogen-bond acceptors (Lipinski definition) is 2. The van der Waals surface area contributed by atoms with E-state index in [4.69, 9.17) is 5.73 Å². The zero-order valence-electron chi connectivity index (χ0n) is 10.4. The van der Waals surface area contributed by atoms with E-state index in [-0.39, 0.29) is 5.91 Å². The average Bonchev–Trinajstić information content (AvgIpc) is 2.16. The summed E-state index contributed by atoms with van der Waals surface area (Å²) in [5.41, 5.74) is 9.86. The maximum atomic E-state index is 9.22. The van der Waals surface area contributed by atoms with E-state index in [1.165, 1.54) is 58.3 Å². The summed E-state index contributed by atoms with van der Waals surface area (Å²) in [6.07, 6.45) is 11.0. The van der Waals surface area contributed by atoms with Gasteiger partial charge in [0.15, 0.2) is 0 Å². The Balaban J connectivity index is 0. The lowest BCUT2D eigenvalue weighted by Crippen LogP contribution is -2.01. The highest BCUT2D eigenvalue weighted by molar-refractivity contribution is 5.70. The van der Waals surface area contributed by atoms with E-state index in [1.54, 1.807) is 0 Å². The van der Waals surface area contributed by atoms with Crippen LogP contribution in [0.3, 0.4) is 0 Å². The van der Waals surface area contributed by atoms with Crippen LogP contribution in [0.1, 0.15) is 65.2 Å². The van der Waals surface area contributed by atoms with Gasteiger partial charge in [-0.25, -0.2) is 0 Å². The van der Waals surface area contributed by atoms with E-state index < -0.39 is 0 Å². The van der Waals surface area contributed by atoms with Gasteiger partial charge < -0.3 is 11.5 Å². The Morgan fingerprint density at radius 2 is 1.27 bits per heavy atom. The Kier molecular flexibility index (Phi) is 17.8. The van der Waals surface area contributed by atoms with Gasteiger partial charge in [0.1, 0.15) is 0 Å². The molecule has 3 heteroatoms. The molecule has 0 heterocycles. The van der Waals surface area contributed by atoms with Crippen LogP contribution < -0.4 is 11.5 Å². The second kappa shape index (κ2) is 15.9. The topological polar surface area (TPSA) is 69.1 Å². The summed E-state index contributed by atoms with van der Waals surface area (Å²) < 4.78 is 0. The number of primary amides is 1. The quantitative estimate of drug-likeness (QED) is 0.612. The van der Waals surface area contributed by atoms with Crippen LogP contribution in [0.25, 0.3) is 0 Å². The lowest BCUT2D eigenvalue weighted by molar-refractivity contribution is -0.115. The molecule has 0 unspecified atom stereocenters. The van der Waals surface area contributed by atoms with Crippen molar-refractivity contribution in [2.24, 2.45) is 11.5 Å². The number of nitrogens with two attached hydrogens (primary N) is 2. The second-order valence-electron chi connectivity index (χ2n) is 3.87. The Hall–Kier alpha value is -0.570. The van der Waals surface area contributed by atoms with Crippen molar-refractivity contribution in [3.05, 3.63) is 0 Å². The first-order valence-corrected chi connectivity index (χ1v) is 6.11. The summed E-state index contributed by atoms with van der Waals surface area (Å²) in [7, 11) is 0. The first-order chi connectivity index (χ1) is 7.15. The zero-order valence-corrected chi connectivity index (χ0v) is 10.4. The summed E-state index contributed by atoms with van der Waals surface area (Å²) in [6.45, 7) is 4.43. The molecule has 0 aromatic heterocycles. The van der Waals surface area contributed by atoms with Crippen molar-refractivity contribution >= 4 is 5.91 Å². The third-order valence-corrected chi connectivity index (χ3v) is 2.06. The van der Waals surface area contributed by atoms with Crippen LogP contribution in [0.15, 0.2) is 0 Å².